The van der Waals surface area contributed by atoms with Crippen LogP contribution in [-0.2, 0) is 4.74 Å². The molecule has 0 spiro atoms. The van der Waals surface area contributed by atoms with Crippen molar-refractivity contribution in [3.05, 3.63) is 20.8 Å². The summed E-state index contributed by atoms with van der Waals surface area (Å²) in [4.78, 5) is 1.19. The Bertz CT molecular complexity index is 333. The first-order valence-corrected chi connectivity index (χ1v) is 6.93. The maximum Gasteiger partial charge on any atom is 0.0854 e. The molecule has 2 atom stereocenters. The minimum Gasteiger partial charge on any atom is -0.373 e. The third kappa shape index (κ3) is 2.28. The van der Waals surface area contributed by atoms with E-state index < -0.39 is 0 Å². The predicted octanol–water partition coefficient (Wildman–Crippen LogP) is 3.47. The highest BCUT2D eigenvalue weighted by atomic mass is 79.9. The first-order valence-electron chi connectivity index (χ1n) is 5.26. The number of ether oxygens (including phenoxy) is 1. The van der Waals surface area contributed by atoms with Gasteiger partial charge in [0.1, 0.15) is 0 Å². The zero-order valence-electron chi connectivity index (χ0n) is 8.83. The third-order valence-electron chi connectivity index (χ3n) is 3.08. The molecule has 0 aliphatic carbocycles. The fraction of sp³-hybridized carbons (Fsp3) is 0.636. The van der Waals surface area contributed by atoms with Crippen LogP contribution in [0.25, 0.3) is 0 Å². The van der Waals surface area contributed by atoms with E-state index in [9.17, 15) is 0 Å². The molecule has 0 saturated carbocycles. The van der Waals surface area contributed by atoms with Crippen LogP contribution >= 0.6 is 27.3 Å². The second-order valence-electron chi connectivity index (χ2n) is 4.23. The highest BCUT2D eigenvalue weighted by Crippen LogP contribution is 2.39. The van der Waals surface area contributed by atoms with Gasteiger partial charge in [-0.05, 0) is 53.6 Å². The van der Waals surface area contributed by atoms with Crippen LogP contribution in [-0.4, -0.2) is 12.2 Å². The molecule has 2 nitrogen and oxygen atoms in total. The van der Waals surface area contributed by atoms with Crippen molar-refractivity contribution < 1.29 is 4.74 Å². The van der Waals surface area contributed by atoms with Crippen molar-refractivity contribution in [3.63, 3.8) is 0 Å². The van der Waals surface area contributed by atoms with Gasteiger partial charge in [-0.3, -0.25) is 0 Å². The molecule has 15 heavy (non-hydrogen) atoms. The maximum atomic E-state index is 6.30. The smallest absolute Gasteiger partial charge is 0.0854 e. The first kappa shape index (κ1) is 11.6. The van der Waals surface area contributed by atoms with Gasteiger partial charge in [-0.1, -0.05) is 0 Å². The predicted molar refractivity (Wildman–Crippen MR) is 67.2 cm³/mol. The van der Waals surface area contributed by atoms with Crippen molar-refractivity contribution in [1.29, 1.82) is 0 Å². The van der Waals surface area contributed by atoms with Crippen LogP contribution in [0.1, 0.15) is 37.1 Å². The Morgan fingerprint density at radius 3 is 2.93 bits per heavy atom. The van der Waals surface area contributed by atoms with E-state index in [1.807, 2.05) is 6.07 Å². The number of halogens is 1. The van der Waals surface area contributed by atoms with Gasteiger partial charge in [0, 0.05) is 16.0 Å². The highest BCUT2D eigenvalue weighted by Gasteiger charge is 2.36. The largest absolute Gasteiger partial charge is 0.373 e. The zero-order chi connectivity index (χ0) is 10.9. The van der Waals surface area contributed by atoms with Crippen LogP contribution in [0, 0.1) is 0 Å². The number of rotatable bonds is 2. The molecule has 1 saturated heterocycles. The van der Waals surface area contributed by atoms with Crippen molar-refractivity contribution >= 4 is 27.3 Å². The Morgan fingerprint density at radius 2 is 2.40 bits per heavy atom. The molecule has 0 aromatic carbocycles. The van der Waals surface area contributed by atoms with E-state index in [1.165, 1.54) is 11.3 Å². The van der Waals surface area contributed by atoms with Crippen LogP contribution in [0.3, 0.4) is 0 Å². The van der Waals surface area contributed by atoms with Crippen LogP contribution < -0.4 is 5.73 Å². The van der Waals surface area contributed by atoms with E-state index in [1.54, 1.807) is 11.3 Å². The average molecular weight is 290 g/mol. The van der Waals surface area contributed by atoms with Gasteiger partial charge in [-0.25, -0.2) is 0 Å². The Kier molecular flexibility index (Phi) is 3.50. The summed E-state index contributed by atoms with van der Waals surface area (Å²) in [7, 11) is 0. The Hall–Kier alpha value is 0.1000. The summed E-state index contributed by atoms with van der Waals surface area (Å²) in [6, 6.07) is 2.03. The summed E-state index contributed by atoms with van der Waals surface area (Å²) in [5.41, 5.74) is 6.12. The molecule has 0 radical (unpaired) electrons. The zero-order valence-corrected chi connectivity index (χ0v) is 11.2. The van der Waals surface area contributed by atoms with Crippen molar-refractivity contribution in [3.8, 4) is 0 Å². The van der Waals surface area contributed by atoms with Gasteiger partial charge in [0.25, 0.3) is 0 Å². The summed E-state index contributed by atoms with van der Waals surface area (Å²) >= 11 is 5.23. The SMILES string of the molecule is CC1(C(N)c2sccc2Br)CCCCO1. The molecule has 84 valence electrons. The van der Waals surface area contributed by atoms with Gasteiger partial charge in [0.15, 0.2) is 0 Å². The molecule has 2 heterocycles. The topological polar surface area (TPSA) is 35.2 Å². The molecule has 2 unspecified atom stereocenters. The summed E-state index contributed by atoms with van der Waals surface area (Å²) in [5.74, 6) is 0. The summed E-state index contributed by atoms with van der Waals surface area (Å²) in [6.07, 6.45) is 3.43. The van der Waals surface area contributed by atoms with Crippen molar-refractivity contribution in [2.24, 2.45) is 5.73 Å². The minimum absolute atomic E-state index is 0.0211. The molecule has 0 amide bonds. The van der Waals surface area contributed by atoms with Crippen LogP contribution in [0.2, 0.25) is 0 Å². The van der Waals surface area contributed by atoms with Crippen LogP contribution in [0.15, 0.2) is 15.9 Å². The molecular formula is C11H16BrNOS. The molecule has 0 bridgehead atoms. The highest BCUT2D eigenvalue weighted by molar-refractivity contribution is 9.10. The molecule has 2 N–H and O–H groups in total. The van der Waals surface area contributed by atoms with Gasteiger partial charge in [0.2, 0.25) is 0 Å². The quantitative estimate of drug-likeness (QED) is 0.905. The lowest BCUT2D eigenvalue weighted by molar-refractivity contribution is -0.0815. The molecule has 4 heteroatoms. The normalized spacial score (nSPS) is 29.0. The molecular weight excluding hydrogens is 274 g/mol. The van der Waals surface area contributed by atoms with E-state index in [0.717, 1.165) is 23.9 Å². The first-order chi connectivity index (χ1) is 7.13. The summed E-state index contributed by atoms with van der Waals surface area (Å²) < 4.78 is 6.97. The van der Waals surface area contributed by atoms with Crippen LogP contribution in [0.5, 0.6) is 0 Å². The monoisotopic (exact) mass is 289 g/mol. The van der Waals surface area contributed by atoms with Crippen molar-refractivity contribution in [2.45, 2.75) is 37.8 Å². The number of hydrogen-bond acceptors (Lipinski definition) is 3. The van der Waals surface area contributed by atoms with Gasteiger partial charge >= 0.3 is 0 Å². The Balaban J connectivity index is 2.19. The van der Waals surface area contributed by atoms with Gasteiger partial charge in [-0.15, -0.1) is 11.3 Å². The molecule has 1 aliphatic rings. The fourth-order valence-corrected chi connectivity index (χ4v) is 3.77. The summed E-state index contributed by atoms with van der Waals surface area (Å²) in [6.45, 7) is 2.97. The van der Waals surface area contributed by atoms with Gasteiger partial charge in [0.05, 0.1) is 11.6 Å². The number of thiophene rings is 1. The lowest BCUT2D eigenvalue weighted by Crippen LogP contribution is -2.43. The Labute approximate surface area is 103 Å². The molecule has 1 aliphatic heterocycles. The van der Waals surface area contributed by atoms with Gasteiger partial charge in [-0.2, -0.15) is 0 Å². The third-order valence-corrected chi connectivity index (χ3v) is 5.04. The van der Waals surface area contributed by atoms with Crippen molar-refractivity contribution in [2.75, 3.05) is 6.61 Å². The lowest BCUT2D eigenvalue weighted by atomic mass is 9.88. The van der Waals surface area contributed by atoms with E-state index >= 15 is 0 Å². The molecule has 1 aromatic rings. The molecule has 2 rings (SSSR count). The Morgan fingerprint density at radius 1 is 1.60 bits per heavy atom. The fourth-order valence-electron chi connectivity index (χ4n) is 2.01. The second-order valence-corrected chi connectivity index (χ2v) is 6.03. The van der Waals surface area contributed by atoms with Gasteiger partial charge < -0.3 is 10.5 Å². The minimum atomic E-state index is -0.189. The lowest BCUT2D eigenvalue weighted by Gasteiger charge is -2.38. The van der Waals surface area contributed by atoms with Crippen LogP contribution in [0.4, 0.5) is 0 Å². The van der Waals surface area contributed by atoms with E-state index in [4.69, 9.17) is 10.5 Å². The number of hydrogen-bond donors (Lipinski definition) is 1. The van der Waals surface area contributed by atoms with E-state index in [0.29, 0.717) is 0 Å². The van der Waals surface area contributed by atoms with Crippen molar-refractivity contribution in [1.82, 2.24) is 0 Å². The standard InChI is InChI=1S/C11H16BrNOS/c1-11(5-2-3-6-14-11)10(13)9-8(12)4-7-15-9/h4,7,10H,2-3,5-6,13H2,1H3. The number of nitrogens with two attached hydrogens (primary N) is 1. The summed E-state index contributed by atoms with van der Waals surface area (Å²) in [5, 5.41) is 2.06. The maximum absolute atomic E-state index is 6.30. The average Bonchev–Trinajstić information content (AvgIpc) is 2.64. The molecule has 1 aromatic heterocycles. The molecule has 1 fully saturated rings. The van der Waals surface area contributed by atoms with E-state index in [2.05, 4.69) is 28.2 Å². The second kappa shape index (κ2) is 4.53. The van der Waals surface area contributed by atoms with E-state index in [-0.39, 0.29) is 11.6 Å².